The average molecular weight is 424 g/mol. The molecular formula is C23H19F3N4O. The van der Waals surface area contributed by atoms with Gasteiger partial charge in [-0.1, -0.05) is 24.3 Å². The van der Waals surface area contributed by atoms with Crippen LogP contribution in [0.2, 0.25) is 0 Å². The third kappa shape index (κ3) is 3.48. The van der Waals surface area contributed by atoms with Gasteiger partial charge in [-0.2, -0.15) is 9.49 Å². The quantitative estimate of drug-likeness (QED) is 0.627. The number of nitrogens with zero attached hydrogens (tertiary/aromatic N) is 3. The Balaban J connectivity index is 1.32. The number of aromatic amines is 1. The summed E-state index contributed by atoms with van der Waals surface area (Å²) in [5.41, 5.74) is 2.38. The Morgan fingerprint density at radius 2 is 1.90 bits per heavy atom. The highest BCUT2D eigenvalue weighted by Crippen LogP contribution is 2.32. The summed E-state index contributed by atoms with van der Waals surface area (Å²) in [6.07, 6.45) is 3.78. The number of carbonyl (C=O) groups excluding carboxylic acids is 1. The predicted molar refractivity (Wildman–Crippen MR) is 111 cm³/mol. The van der Waals surface area contributed by atoms with Crippen LogP contribution in [0.1, 0.15) is 16.9 Å². The summed E-state index contributed by atoms with van der Waals surface area (Å²) in [5, 5.41) is 7.85. The Hall–Kier alpha value is -3.55. The molecule has 5 nitrogen and oxygen atoms in total. The molecule has 0 saturated carbocycles. The Morgan fingerprint density at radius 3 is 2.74 bits per heavy atom. The van der Waals surface area contributed by atoms with Crippen molar-refractivity contribution in [1.29, 1.82) is 0 Å². The third-order valence-electron chi connectivity index (χ3n) is 5.92. The first-order valence-corrected chi connectivity index (χ1v) is 10.0. The zero-order valence-corrected chi connectivity index (χ0v) is 16.5. The number of hydrogen-bond donors (Lipinski definition) is 1. The molecular weight excluding hydrogens is 405 g/mol. The maximum absolute atomic E-state index is 14.4. The van der Waals surface area contributed by atoms with E-state index in [1.165, 1.54) is 17.0 Å². The summed E-state index contributed by atoms with van der Waals surface area (Å²) in [6, 6.07) is 10.8. The highest BCUT2D eigenvalue weighted by atomic mass is 19.2. The van der Waals surface area contributed by atoms with Crippen LogP contribution in [0.3, 0.4) is 0 Å². The van der Waals surface area contributed by atoms with Gasteiger partial charge >= 0.3 is 0 Å². The molecule has 0 radical (unpaired) electrons. The van der Waals surface area contributed by atoms with Crippen molar-refractivity contribution in [2.75, 3.05) is 24.5 Å². The summed E-state index contributed by atoms with van der Waals surface area (Å²) in [5.74, 6) is -2.63. The van der Waals surface area contributed by atoms with Crippen LogP contribution in [0.4, 0.5) is 18.9 Å². The number of allylic oxidation sites excluding steroid dienone is 2. The van der Waals surface area contributed by atoms with E-state index in [0.717, 1.165) is 35.0 Å². The molecule has 158 valence electrons. The van der Waals surface area contributed by atoms with Crippen molar-refractivity contribution >= 4 is 22.5 Å². The van der Waals surface area contributed by atoms with Gasteiger partial charge < -0.3 is 9.80 Å². The van der Waals surface area contributed by atoms with Gasteiger partial charge in [0.25, 0.3) is 5.91 Å². The largest absolute Gasteiger partial charge is 0.337 e. The minimum Gasteiger partial charge on any atom is -0.337 e. The van der Waals surface area contributed by atoms with Crippen LogP contribution >= 0.6 is 0 Å². The van der Waals surface area contributed by atoms with E-state index in [9.17, 15) is 18.0 Å². The molecule has 2 aliphatic heterocycles. The molecule has 1 saturated heterocycles. The molecule has 0 bridgehead atoms. The molecule has 1 N–H and O–H groups in total. The first kappa shape index (κ1) is 19.4. The lowest BCUT2D eigenvalue weighted by Gasteiger charge is -2.29. The Bertz CT molecular complexity index is 1230. The predicted octanol–water partition coefficient (Wildman–Crippen LogP) is 4.56. The fourth-order valence-electron chi connectivity index (χ4n) is 4.23. The highest BCUT2D eigenvalue weighted by Gasteiger charge is 2.32. The highest BCUT2D eigenvalue weighted by molar-refractivity contribution is 6.04. The minimum absolute atomic E-state index is 0.0475. The van der Waals surface area contributed by atoms with Gasteiger partial charge in [-0.3, -0.25) is 9.89 Å². The second-order valence-corrected chi connectivity index (χ2v) is 7.77. The van der Waals surface area contributed by atoms with Gasteiger partial charge in [0.05, 0.1) is 5.52 Å². The van der Waals surface area contributed by atoms with Gasteiger partial charge in [0, 0.05) is 42.7 Å². The Kier molecular flexibility index (Phi) is 4.77. The molecule has 5 rings (SSSR count). The second kappa shape index (κ2) is 7.61. The smallest absolute Gasteiger partial charge is 0.275 e. The molecule has 31 heavy (non-hydrogen) atoms. The van der Waals surface area contributed by atoms with Crippen LogP contribution in [-0.2, 0) is 0 Å². The molecule has 1 atom stereocenters. The molecule has 0 spiro atoms. The summed E-state index contributed by atoms with van der Waals surface area (Å²) in [4.78, 5) is 16.1. The summed E-state index contributed by atoms with van der Waals surface area (Å²) >= 11 is 0. The number of anilines is 1. The zero-order valence-electron chi connectivity index (χ0n) is 16.5. The summed E-state index contributed by atoms with van der Waals surface area (Å²) < 4.78 is 41.3. The van der Waals surface area contributed by atoms with E-state index in [4.69, 9.17) is 0 Å². The maximum Gasteiger partial charge on any atom is 0.275 e. The van der Waals surface area contributed by atoms with Crippen molar-refractivity contribution in [2.24, 2.45) is 5.92 Å². The van der Waals surface area contributed by atoms with E-state index in [-0.39, 0.29) is 24.1 Å². The van der Waals surface area contributed by atoms with Crippen LogP contribution in [0.5, 0.6) is 0 Å². The topological polar surface area (TPSA) is 52.2 Å². The van der Waals surface area contributed by atoms with E-state index in [1.807, 2.05) is 24.3 Å². The second-order valence-electron chi connectivity index (χ2n) is 7.77. The maximum atomic E-state index is 14.4. The standard InChI is InChI=1S/C23H19F3N4O/c24-18-7-6-16(11-19(18)25)30-13-14(5-8-21(30)26)15-9-10-29(12-15)23(31)22-17-3-1-2-4-20(17)27-28-22/h1-8,11,15H,9-10,12-13H2,(H,27,28)/t15-/m0/s1. The first-order valence-electron chi connectivity index (χ1n) is 10.0. The summed E-state index contributed by atoms with van der Waals surface area (Å²) in [6.45, 7) is 1.28. The van der Waals surface area contributed by atoms with Gasteiger partial charge in [0.1, 0.15) is 0 Å². The van der Waals surface area contributed by atoms with Crippen molar-refractivity contribution in [3.63, 3.8) is 0 Å². The van der Waals surface area contributed by atoms with Gasteiger partial charge in [0.15, 0.2) is 23.3 Å². The number of benzene rings is 2. The van der Waals surface area contributed by atoms with Gasteiger partial charge in [-0.15, -0.1) is 0 Å². The number of nitrogens with one attached hydrogen (secondary N) is 1. The van der Waals surface area contributed by atoms with Crippen molar-refractivity contribution in [2.45, 2.75) is 6.42 Å². The molecule has 0 unspecified atom stereocenters. The number of aromatic nitrogens is 2. The summed E-state index contributed by atoms with van der Waals surface area (Å²) in [7, 11) is 0. The molecule has 1 amide bonds. The molecule has 1 aromatic heterocycles. The zero-order chi connectivity index (χ0) is 21.5. The third-order valence-corrected chi connectivity index (χ3v) is 5.92. The monoisotopic (exact) mass is 424 g/mol. The van der Waals surface area contributed by atoms with Gasteiger partial charge in [-0.25, -0.2) is 8.78 Å². The molecule has 1 fully saturated rings. The number of likely N-dealkylation sites (tertiary alicyclic amines) is 1. The van der Waals surface area contributed by atoms with Crippen LogP contribution in [-0.4, -0.2) is 40.6 Å². The number of amides is 1. The number of hydrogen-bond acceptors (Lipinski definition) is 3. The molecule has 2 aromatic carbocycles. The fourth-order valence-corrected chi connectivity index (χ4v) is 4.23. The number of carbonyl (C=O) groups is 1. The minimum atomic E-state index is -1.02. The molecule has 0 aliphatic carbocycles. The van der Waals surface area contributed by atoms with Crippen molar-refractivity contribution < 1.29 is 18.0 Å². The number of rotatable bonds is 3. The van der Waals surface area contributed by atoms with Crippen LogP contribution < -0.4 is 4.90 Å². The van der Waals surface area contributed by atoms with Crippen LogP contribution in [0, 0.1) is 17.6 Å². The number of H-pyrrole nitrogens is 1. The lowest BCUT2D eigenvalue weighted by Crippen LogP contribution is -2.32. The van der Waals surface area contributed by atoms with Crippen LogP contribution in [0.15, 0.2) is 66.1 Å². The number of halogens is 3. The number of para-hydroxylation sites is 1. The van der Waals surface area contributed by atoms with E-state index < -0.39 is 17.6 Å². The molecule has 3 aromatic rings. The first-order chi connectivity index (χ1) is 15.0. The van der Waals surface area contributed by atoms with E-state index >= 15 is 0 Å². The van der Waals surface area contributed by atoms with Crippen molar-refractivity contribution in [3.8, 4) is 0 Å². The Morgan fingerprint density at radius 1 is 1.06 bits per heavy atom. The number of fused-ring (bicyclic) bond motifs is 1. The Labute approximate surface area is 176 Å². The fraction of sp³-hybridized carbons (Fsp3) is 0.217. The molecule has 3 heterocycles. The van der Waals surface area contributed by atoms with E-state index in [0.29, 0.717) is 18.8 Å². The van der Waals surface area contributed by atoms with Crippen LogP contribution in [0.25, 0.3) is 10.9 Å². The van der Waals surface area contributed by atoms with Gasteiger partial charge in [-0.05, 0) is 36.3 Å². The molecule has 2 aliphatic rings. The molecule has 8 heteroatoms. The average Bonchev–Trinajstić information content (AvgIpc) is 3.43. The van der Waals surface area contributed by atoms with E-state index in [2.05, 4.69) is 10.2 Å². The SMILES string of the molecule is O=C(c1n[nH]c2ccccc12)N1CC[C@H](C2=CC=C(F)N(c3ccc(F)c(F)c3)C2)C1. The lowest BCUT2D eigenvalue weighted by atomic mass is 9.95. The van der Waals surface area contributed by atoms with Crippen molar-refractivity contribution in [1.82, 2.24) is 15.1 Å². The normalized spacial score (nSPS) is 19.0. The lowest BCUT2D eigenvalue weighted by molar-refractivity contribution is 0.0785. The van der Waals surface area contributed by atoms with Gasteiger partial charge in [0.2, 0.25) is 0 Å². The van der Waals surface area contributed by atoms with E-state index in [1.54, 1.807) is 11.0 Å². The van der Waals surface area contributed by atoms with Crippen molar-refractivity contribution in [3.05, 3.63) is 83.5 Å².